The van der Waals surface area contributed by atoms with E-state index in [1.165, 1.54) is 24.3 Å². The quantitative estimate of drug-likeness (QED) is 0.607. The first-order chi connectivity index (χ1) is 12.5. The molecule has 0 aliphatic rings. The van der Waals surface area contributed by atoms with Crippen molar-refractivity contribution in [1.29, 1.82) is 0 Å². The third kappa shape index (κ3) is 4.61. The van der Waals surface area contributed by atoms with Gasteiger partial charge in [-0.25, -0.2) is 4.39 Å². The maximum atomic E-state index is 12.9. The van der Waals surface area contributed by atoms with Gasteiger partial charge in [-0.05, 0) is 47.5 Å². The zero-order valence-corrected chi connectivity index (χ0v) is 14.5. The van der Waals surface area contributed by atoms with Gasteiger partial charge in [0, 0.05) is 17.5 Å². The summed E-state index contributed by atoms with van der Waals surface area (Å²) in [6.07, 6.45) is 0.167. The van der Waals surface area contributed by atoms with Crippen molar-refractivity contribution in [3.63, 3.8) is 0 Å². The van der Waals surface area contributed by atoms with Crippen molar-refractivity contribution in [3.05, 3.63) is 94.3 Å². The Morgan fingerprint density at radius 3 is 2.27 bits per heavy atom. The fourth-order valence-electron chi connectivity index (χ4n) is 2.47. The van der Waals surface area contributed by atoms with E-state index < -0.39 is 0 Å². The smallest absolute Gasteiger partial charge is 0.170 e. The minimum Gasteiger partial charge on any atom is -0.507 e. The van der Waals surface area contributed by atoms with Crippen LogP contribution in [-0.4, -0.2) is 10.9 Å². The molecule has 0 atom stereocenters. The molecule has 0 aliphatic heterocycles. The largest absolute Gasteiger partial charge is 0.507 e. The minimum absolute atomic E-state index is 0.138. The fourth-order valence-corrected chi connectivity index (χ4v) is 2.59. The molecule has 1 N–H and O–H groups in total. The molecule has 3 nitrogen and oxygen atoms in total. The number of carbonyl (C=O) groups excluding carboxylic acids is 1. The molecule has 0 saturated heterocycles. The first kappa shape index (κ1) is 18.0. The average Bonchev–Trinajstić information content (AvgIpc) is 2.63. The van der Waals surface area contributed by atoms with Crippen LogP contribution in [0.15, 0.2) is 66.7 Å². The van der Waals surface area contributed by atoms with E-state index >= 15 is 0 Å². The Kier molecular flexibility index (Phi) is 5.54. The van der Waals surface area contributed by atoms with E-state index in [1.807, 2.05) is 0 Å². The topological polar surface area (TPSA) is 46.5 Å². The number of ketones is 1. The van der Waals surface area contributed by atoms with Gasteiger partial charge in [0.05, 0.1) is 5.56 Å². The van der Waals surface area contributed by atoms with E-state index in [2.05, 4.69) is 0 Å². The van der Waals surface area contributed by atoms with Crippen molar-refractivity contribution in [1.82, 2.24) is 0 Å². The van der Waals surface area contributed by atoms with Crippen molar-refractivity contribution in [2.45, 2.75) is 13.0 Å². The lowest BCUT2D eigenvalue weighted by atomic mass is 10.0. The molecule has 3 aromatic carbocycles. The zero-order chi connectivity index (χ0) is 18.5. The molecule has 132 valence electrons. The van der Waals surface area contributed by atoms with Crippen molar-refractivity contribution in [2.75, 3.05) is 0 Å². The number of hydrogen-bond acceptors (Lipinski definition) is 3. The molecule has 0 radical (unpaired) electrons. The average molecular weight is 371 g/mol. The summed E-state index contributed by atoms with van der Waals surface area (Å²) in [4.78, 5) is 12.4. The summed E-state index contributed by atoms with van der Waals surface area (Å²) in [6, 6.07) is 17.5. The standard InChI is InChI=1S/C21H16ClFO3/c22-16-5-1-14(2-6-16)11-20(24)19-10-9-18(12-21(19)25)26-13-15-3-7-17(23)8-4-15/h1-10,12,25H,11,13H2. The van der Waals surface area contributed by atoms with Crippen molar-refractivity contribution in [2.24, 2.45) is 0 Å². The lowest BCUT2D eigenvalue weighted by molar-refractivity contribution is 0.0990. The van der Waals surface area contributed by atoms with Gasteiger partial charge in [0.15, 0.2) is 5.78 Å². The van der Waals surface area contributed by atoms with Crippen LogP contribution in [0.25, 0.3) is 0 Å². The molecule has 0 bridgehead atoms. The Labute approximate surface area is 155 Å². The summed E-state index contributed by atoms with van der Waals surface area (Å²) in [5.74, 6) is -0.222. The highest BCUT2D eigenvalue weighted by Gasteiger charge is 2.13. The molecule has 0 aliphatic carbocycles. The number of ether oxygens (including phenoxy) is 1. The predicted molar refractivity (Wildman–Crippen MR) is 98.3 cm³/mol. The number of rotatable bonds is 6. The molecule has 0 amide bonds. The van der Waals surface area contributed by atoms with E-state index in [9.17, 15) is 14.3 Å². The zero-order valence-electron chi connectivity index (χ0n) is 13.8. The predicted octanol–water partition coefficient (Wildman–Crippen LogP) is 5.19. The van der Waals surface area contributed by atoms with Gasteiger partial charge in [0.1, 0.15) is 23.9 Å². The molecule has 26 heavy (non-hydrogen) atoms. The van der Waals surface area contributed by atoms with Crippen molar-refractivity contribution < 1.29 is 19.0 Å². The number of Topliss-reactive ketones (excluding diaryl/α,β-unsaturated/α-hetero) is 1. The molecule has 0 heterocycles. The van der Waals surface area contributed by atoms with E-state index in [0.717, 1.165) is 11.1 Å². The molecule has 3 rings (SSSR count). The molecule has 0 unspecified atom stereocenters. The number of phenols is 1. The number of benzene rings is 3. The summed E-state index contributed by atoms with van der Waals surface area (Å²) < 4.78 is 18.5. The number of halogens is 2. The van der Waals surface area contributed by atoms with Gasteiger partial charge < -0.3 is 9.84 Å². The molecular formula is C21H16ClFO3. The van der Waals surface area contributed by atoms with Crippen LogP contribution < -0.4 is 4.74 Å². The summed E-state index contributed by atoms with van der Waals surface area (Å²) >= 11 is 5.83. The fraction of sp³-hybridized carbons (Fsp3) is 0.0952. The van der Waals surface area contributed by atoms with E-state index in [4.69, 9.17) is 16.3 Å². The second-order valence-electron chi connectivity index (χ2n) is 5.82. The van der Waals surface area contributed by atoms with Crippen LogP contribution in [-0.2, 0) is 13.0 Å². The maximum absolute atomic E-state index is 12.9. The highest BCUT2D eigenvalue weighted by molar-refractivity contribution is 6.30. The van der Waals surface area contributed by atoms with Crippen LogP contribution in [0.4, 0.5) is 4.39 Å². The Balaban J connectivity index is 1.65. The van der Waals surface area contributed by atoms with Gasteiger partial charge in [-0.2, -0.15) is 0 Å². The molecule has 0 aromatic heterocycles. The molecule has 3 aromatic rings. The van der Waals surface area contributed by atoms with Gasteiger partial charge in [0.25, 0.3) is 0 Å². The van der Waals surface area contributed by atoms with Gasteiger partial charge in [-0.1, -0.05) is 35.9 Å². The monoisotopic (exact) mass is 370 g/mol. The molecular weight excluding hydrogens is 355 g/mol. The number of phenolic OH excluding ortho intramolecular Hbond substituents is 1. The molecule has 5 heteroatoms. The van der Waals surface area contributed by atoms with E-state index in [-0.39, 0.29) is 35.9 Å². The van der Waals surface area contributed by atoms with Crippen LogP contribution in [0, 0.1) is 5.82 Å². The molecule has 0 fully saturated rings. The Morgan fingerprint density at radius 2 is 1.62 bits per heavy atom. The number of hydrogen-bond donors (Lipinski definition) is 1. The van der Waals surface area contributed by atoms with Gasteiger partial charge in [0.2, 0.25) is 0 Å². The highest BCUT2D eigenvalue weighted by Crippen LogP contribution is 2.26. The highest BCUT2D eigenvalue weighted by atomic mass is 35.5. The summed E-state index contributed by atoms with van der Waals surface area (Å²) in [5.41, 5.74) is 1.85. The van der Waals surface area contributed by atoms with Crippen LogP contribution >= 0.6 is 11.6 Å². The summed E-state index contributed by atoms with van der Waals surface area (Å²) in [5, 5.41) is 10.7. The summed E-state index contributed by atoms with van der Waals surface area (Å²) in [7, 11) is 0. The van der Waals surface area contributed by atoms with Crippen LogP contribution in [0.1, 0.15) is 21.5 Å². The van der Waals surface area contributed by atoms with Gasteiger partial charge in [-0.15, -0.1) is 0 Å². The van der Waals surface area contributed by atoms with Crippen molar-refractivity contribution >= 4 is 17.4 Å². The SMILES string of the molecule is O=C(Cc1ccc(Cl)cc1)c1ccc(OCc2ccc(F)cc2)cc1O. The van der Waals surface area contributed by atoms with Crippen LogP contribution in [0.5, 0.6) is 11.5 Å². The molecule has 0 spiro atoms. The lowest BCUT2D eigenvalue weighted by Gasteiger charge is -2.09. The van der Waals surface area contributed by atoms with Gasteiger partial charge >= 0.3 is 0 Å². The Bertz CT molecular complexity index is 906. The second-order valence-corrected chi connectivity index (χ2v) is 6.26. The third-order valence-electron chi connectivity index (χ3n) is 3.87. The van der Waals surface area contributed by atoms with E-state index in [1.54, 1.807) is 42.5 Å². The van der Waals surface area contributed by atoms with Crippen molar-refractivity contribution in [3.8, 4) is 11.5 Å². The first-order valence-electron chi connectivity index (χ1n) is 7.99. The maximum Gasteiger partial charge on any atom is 0.170 e. The number of carbonyl (C=O) groups is 1. The third-order valence-corrected chi connectivity index (χ3v) is 4.12. The Hall–Kier alpha value is -2.85. The Morgan fingerprint density at radius 1 is 0.962 bits per heavy atom. The number of aromatic hydroxyl groups is 1. The molecule has 0 saturated carbocycles. The second kappa shape index (κ2) is 8.02. The van der Waals surface area contributed by atoms with E-state index in [0.29, 0.717) is 10.8 Å². The lowest BCUT2D eigenvalue weighted by Crippen LogP contribution is -2.04. The minimum atomic E-state index is -0.310. The summed E-state index contributed by atoms with van der Waals surface area (Å²) in [6.45, 7) is 0.234. The normalized spacial score (nSPS) is 10.5. The van der Waals surface area contributed by atoms with Crippen LogP contribution in [0.3, 0.4) is 0 Å². The van der Waals surface area contributed by atoms with Crippen LogP contribution in [0.2, 0.25) is 5.02 Å². The first-order valence-corrected chi connectivity index (χ1v) is 8.37. The van der Waals surface area contributed by atoms with Gasteiger partial charge in [-0.3, -0.25) is 4.79 Å².